The van der Waals surface area contributed by atoms with E-state index in [-0.39, 0.29) is 0 Å². The zero-order chi connectivity index (χ0) is 24.6. The predicted octanol–water partition coefficient (Wildman–Crippen LogP) is 2.98. The summed E-state index contributed by atoms with van der Waals surface area (Å²) in [6, 6.07) is 14.4. The predicted molar refractivity (Wildman–Crippen MR) is 130 cm³/mol. The lowest BCUT2D eigenvalue weighted by Crippen LogP contribution is -2.47. The number of nitrogens with zero attached hydrogens (tertiary/aromatic N) is 3. The Kier molecular flexibility index (Phi) is 5.98. The molecule has 2 aromatic carbocycles. The van der Waals surface area contributed by atoms with Gasteiger partial charge in [-0.3, -0.25) is 24.2 Å². The second-order valence-corrected chi connectivity index (χ2v) is 9.51. The number of imide groups is 1. The lowest BCUT2D eigenvalue weighted by molar-refractivity contribution is -0.150. The number of hydrogen-bond acceptors (Lipinski definition) is 7. The van der Waals surface area contributed by atoms with E-state index in [4.69, 9.17) is 4.74 Å². The average molecular weight is 493 g/mol. The van der Waals surface area contributed by atoms with Crippen molar-refractivity contribution in [3.63, 3.8) is 0 Å². The maximum atomic E-state index is 13.3. The smallest absolute Gasteiger partial charge is 0.326 e. The molecule has 2 aliphatic rings. The number of hydrogen-bond donors (Lipinski definition) is 1. The molecule has 0 radical (unpaired) electrons. The van der Waals surface area contributed by atoms with E-state index in [1.807, 2.05) is 48.5 Å². The molecule has 0 saturated carbocycles. The summed E-state index contributed by atoms with van der Waals surface area (Å²) in [6.07, 6.45) is 2.04. The summed E-state index contributed by atoms with van der Waals surface area (Å²) in [5, 5.41) is 3.32. The number of fused-ring (bicyclic) bond motifs is 3. The van der Waals surface area contributed by atoms with Crippen LogP contribution >= 0.6 is 11.3 Å². The summed E-state index contributed by atoms with van der Waals surface area (Å²) in [4.78, 5) is 58.1. The van der Waals surface area contributed by atoms with E-state index in [2.05, 4.69) is 10.3 Å². The Morgan fingerprint density at radius 3 is 2.74 bits per heavy atom. The van der Waals surface area contributed by atoms with E-state index in [0.29, 0.717) is 18.1 Å². The Bertz CT molecular complexity index is 1310. The molecule has 2 heterocycles. The van der Waals surface area contributed by atoms with Gasteiger partial charge in [0.2, 0.25) is 0 Å². The third-order valence-corrected chi connectivity index (χ3v) is 7.48. The van der Waals surface area contributed by atoms with Crippen molar-refractivity contribution >= 4 is 50.5 Å². The largest absolute Gasteiger partial charge is 0.454 e. The first-order chi connectivity index (χ1) is 16.9. The molecule has 3 aromatic rings. The standard InChI is InChI=1S/C25H24N4O5S/c1-2-28(24-26-18-11-5-6-12-19(18)35-24)20(30)15-34-21(31)14-29-22(32)25(27-23(29)33)13-7-9-16-8-3-4-10-17(16)25/h3-6,8,10-12H,2,7,9,13-15H2,1H3,(H,27,33). The summed E-state index contributed by atoms with van der Waals surface area (Å²) in [6.45, 7) is 1.08. The third kappa shape index (κ3) is 4.03. The van der Waals surface area contributed by atoms with Gasteiger partial charge in [0.25, 0.3) is 11.8 Å². The van der Waals surface area contributed by atoms with E-state index in [1.54, 1.807) is 6.92 Å². The molecule has 1 aliphatic carbocycles. The molecule has 1 atom stereocenters. The summed E-state index contributed by atoms with van der Waals surface area (Å²) in [5.74, 6) is -1.74. The third-order valence-electron chi connectivity index (χ3n) is 6.43. The van der Waals surface area contributed by atoms with Crippen molar-refractivity contribution in [1.29, 1.82) is 0 Å². The number of aromatic nitrogens is 1. The lowest BCUT2D eigenvalue weighted by atomic mass is 9.76. The highest BCUT2D eigenvalue weighted by Gasteiger charge is 2.54. The van der Waals surface area contributed by atoms with E-state index in [1.165, 1.54) is 16.2 Å². The molecule has 1 aromatic heterocycles. The van der Waals surface area contributed by atoms with Crippen LogP contribution in [0.1, 0.15) is 30.9 Å². The number of nitrogens with one attached hydrogen (secondary N) is 1. The average Bonchev–Trinajstić information content (AvgIpc) is 3.38. The maximum Gasteiger partial charge on any atom is 0.326 e. The molecule has 1 N–H and O–H groups in total. The molecular weight excluding hydrogens is 468 g/mol. The minimum absolute atomic E-state index is 0.352. The number of carbonyl (C=O) groups excluding carboxylic acids is 4. The fourth-order valence-electron chi connectivity index (χ4n) is 4.74. The monoisotopic (exact) mass is 492 g/mol. The Balaban J connectivity index is 1.24. The molecule has 1 spiro atoms. The van der Waals surface area contributed by atoms with Gasteiger partial charge < -0.3 is 10.1 Å². The number of likely N-dealkylation sites (N-methyl/N-ethyl adjacent to an activating group) is 1. The quantitative estimate of drug-likeness (QED) is 0.419. The van der Waals surface area contributed by atoms with Gasteiger partial charge in [-0.05, 0) is 49.4 Å². The van der Waals surface area contributed by atoms with E-state index >= 15 is 0 Å². The maximum absolute atomic E-state index is 13.3. The lowest BCUT2D eigenvalue weighted by Gasteiger charge is -2.33. The Labute approximate surface area is 205 Å². The van der Waals surface area contributed by atoms with Crippen molar-refractivity contribution in [2.24, 2.45) is 0 Å². The van der Waals surface area contributed by atoms with Gasteiger partial charge in [0.05, 0.1) is 10.2 Å². The normalized spacial score (nSPS) is 19.1. The Hall–Kier alpha value is -3.79. The molecule has 1 aliphatic heterocycles. The van der Waals surface area contributed by atoms with Crippen LogP contribution in [-0.4, -0.2) is 53.4 Å². The van der Waals surface area contributed by atoms with Gasteiger partial charge >= 0.3 is 12.0 Å². The summed E-state index contributed by atoms with van der Waals surface area (Å²) in [7, 11) is 0. The number of esters is 1. The van der Waals surface area contributed by atoms with Crippen LogP contribution < -0.4 is 10.2 Å². The molecule has 10 heteroatoms. The fourth-order valence-corrected chi connectivity index (χ4v) is 5.79. The topological polar surface area (TPSA) is 109 Å². The van der Waals surface area contributed by atoms with Crippen LogP contribution in [0, 0.1) is 0 Å². The highest BCUT2D eigenvalue weighted by molar-refractivity contribution is 7.22. The van der Waals surface area contributed by atoms with Crippen LogP contribution in [-0.2, 0) is 31.1 Å². The van der Waals surface area contributed by atoms with Crippen LogP contribution in [0.4, 0.5) is 9.93 Å². The molecule has 0 bridgehead atoms. The first kappa shape index (κ1) is 23.0. The van der Waals surface area contributed by atoms with Crippen molar-refractivity contribution in [1.82, 2.24) is 15.2 Å². The van der Waals surface area contributed by atoms with Gasteiger partial charge in [0.15, 0.2) is 11.7 Å². The van der Waals surface area contributed by atoms with Gasteiger partial charge in [0, 0.05) is 6.54 Å². The van der Waals surface area contributed by atoms with Crippen molar-refractivity contribution in [3.05, 3.63) is 59.7 Å². The van der Waals surface area contributed by atoms with E-state index in [9.17, 15) is 19.2 Å². The SMILES string of the molecule is CCN(C(=O)COC(=O)CN1C(=O)NC2(CCCc3ccccc32)C1=O)c1nc2ccccc2s1. The zero-order valence-corrected chi connectivity index (χ0v) is 20.0. The molecule has 5 rings (SSSR count). The molecule has 1 unspecified atom stereocenters. The zero-order valence-electron chi connectivity index (χ0n) is 19.2. The van der Waals surface area contributed by atoms with Crippen LogP contribution in [0.2, 0.25) is 0 Å². The van der Waals surface area contributed by atoms with Crippen molar-refractivity contribution in [2.45, 2.75) is 31.7 Å². The molecule has 1 fully saturated rings. The number of rotatable bonds is 6. The molecule has 9 nitrogen and oxygen atoms in total. The van der Waals surface area contributed by atoms with Crippen LogP contribution in [0.25, 0.3) is 10.2 Å². The number of carbonyl (C=O) groups is 4. The molecule has 180 valence electrons. The van der Waals surface area contributed by atoms with Crippen LogP contribution in [0.5, 0.6) is 0 Å². The summed E-state index contributed by atoms with van der Waals surface area (Å²) in [5.41, 5.74) is 1.41. The molecular formula is C25H24N4O5S. The highest BCUT2D eigenvalue weighted by Crippen LogP contribution is 2.39. The second kappa shape index (κ2) is 9.10. The fraction of sp³-hybridized carbons (Fsp3) is 0.320. The van der Waals surface area contributed by atoms with Crippen LogP contribution in [0.15, 0.2) is 48.5 Å². The van der Waals surface area contributed by atoms with Gasteiger partial charge in [-0.1, -0.05) is 47.7 Å². The minimum atomic E-state index is -1.16. The Morgan fingerprint density at radius 1 is 1.17 bits per heavy atom. The molecule has 4 amide bonds. The number of para-hydroxylation sites is 1. The highest BCUT2D eigenvalue weighted by atomic mass is 32.1. The van der Waals surface area contributed by atoms with Gasteiger partial charge in [-0.2, -0.15) is 0 Å². The van der Waals surface area contributed by atoms with Crippen molar-refractivity contribution in [2.75, 3.05) is 24.6 Å². The van der Waals surface area contributed by atoms with Gasteiger partial charge in [0.1, 0.15) is 12.1 Å². The number of aryl methyl sites for hydroxylation is 1. The number of benzene rings is 2. The van der Waals surface area contributed by atoms with E-state index < -0.39 is 42.5 Å². The first-order valence-electron chi connectivity index (χ1n) is 11.5. The first-order valence-corrected chi connectivity index (χ1v) is 12.3. The second-order valence-electron chi connectivity index (χ2n) is 8.50. The van der Waals surface area contributed by atoms with E-state index in [0.717, 1.165) is 39.1 Å². The number of amides is 4. The van der Waals surface area contributed by atoms with Gasteiger partial charge in [-0.15, -0.1) is 0 Å². The number of thiazole rings is 1. The number of ether oxygens (including phenoxy) is 1. The van der Waals surface area contributed by atoms with Gasteiger partial charge in [-0.25, -0.2) is 9.78 Å². The van der Waals surface area contributed by atoms with Crippen molar-refractivity contribution in [3.8, 4) is 0 Å². The Morgan fingerprint density at radius 2 is 1.94 bits per heavy atom. The van der Waals surface area contributed by atoms with Crippen LogP contribution in [0.3, 0.4) is 0 Å². The summed E-state index contributed by atoms with van der Waals surface area (Å²) >= 11 is 1.37. The number of urea groups is 1. The minimum Gasteiger partial charge on any atom is -0.454 e. The molecule has 1 saturated heterocycles. The summed E-state index contributed by atoms with van der Waals surface area (Å²) < 4.78 is 6.11. The number of anilines is 1. The van der Waals surface area contributed by atoms with Crippen molar-refractivity contribution < 1.29 is 23.9 Å². The molecule has 35 heavy (non-hydrogen) atoms.